The summed E-state index contributed by atoms with van der Waals surface area (Å²) in [6.07, 6.45) is 6.98. The molecule has 73 heavy (non-hydrogen) atoms. The molecular weight excluding hydrogens is 929 g/mol. The molecule has 0 aliphatic carbocycles. The average molecular weight is 1010 g/mol. The summed E-state index contributed by atoms with van der Waals surface area (Å²) in [5.74, 6) is -1.91. The zero-order valence-corrected chi connectivity index (χ0v) is 45.1. The second kappa shape index (κ2) is 28.0. The fraction of sp³-hybridized carbons (Fsp3) is 0.607. The molecule has 0 unspecified atom stereocenters. The number of likely N-dealkylation sites (tertiary alicyclic amines) is 1. The molecule has 2 N–H and O–H groups in total. The van der Waals surface area contributed by atoms with Gasteiger partial charge in [0.15, 0.2) is 0 Å². The minimum Gasteiger partial charge on any atom is -0.418 e. The van der Waals surface area contributed by atoms with Gasteiger partial charge >= 0.3 is 0 Å². The van der Waals surface area contributed by atoms with Crippen molar-refractivity contribution in [2.75, 3.05) is 47.9 Å². The van der Waals surface area contributed by atoms with Gasteiger partial charge in [-0.05, 0) is 74.7 Å². The number of benzene rings is 2. The molecule has 1 fully saturated rings. The normalized spacial score (nSPS) is 18.2. The van der Waals surface area contributed by atoms with E-state index in [0.717, 1.165) is 36.8 Å². The maximum Gasteiger partial charge on any atom is 0.253 e. The van der Waals surface area contributed by atoms with Gasteiger partial charge in [0.2, 0.25) is 35.4 Å². The summed E-state index contributed by atoms with van der Waals surface area (Å²) in [6.45, 7) is 15.2. The first kappa shape index (κ1) is 58.1. The van der Waals surface area contributed by atoms with Crippen LogP contribution in [0.15, 0.2) is 77.2 Å². The van der Waals surface area contributed by atoms with Crippen LogP contribution in [0.25, 0.3) is 11.5 Å². The SMILES string of the molecule is CC[C@H](C)[C@@H]([C@@H](CC(=O)N1CCC[C@H]1[C@H](OC)[C@@H](C)C(=O)N[C@@H](Cc1ccccc1)c1nnc(-c2ccccc2)o1)OC)N(C)C(=O)[C@@H](NC(=O)[C@H](C(C)C)N(C)CCCCCCN1C(=O)C=CC1=O)C(C)C. The molecule has 5 rings (SSSR count). The van der Waals surface area contributed by atoms with Gasteiger partial charge in [0.05, 0.1) is 42.7 Å². The molecule has 0 radical (unpaired) electrons. The number of rotatable bonds is 29. The van der Waals surface area contributed by atoms with Crippen LogP contribution < -0.4 is 10.6 Å². The zero-order valence-electron chi connectivity index (χ0n) is 45.1. The van der Waals surface area contributed by atoms with E-state index in [0.29, 0.717) is 51.2 Å². The van der Waals surface area contributed by atoms with Gasteiger partial charge in [-0.15, -0.1) is 10.2 Å². The molecule has 0 bridgehead atoms. The lowest BCUT2D eigenvalue weighted by atomic mass is 9.89. The summed E-state index contributed by atoms with van der Waals surface area (Å²) in [6, 6.07) is 16.3. The topological polar surface area (TPSA) is 197 Å². The average Bonchev–Trinajstić information content (AvgIpc) is 4.15. The van der Waals surface area contributed by atoms with Crippen molar-refractivity contribution in [1.29, 1.82) is 0 Å². The zero-order chi connectivity index (χ0) is 53.4. The number of amides is 6. The van der Waals surface area contributed by atoms with Crippen molar-refractivity contribution in [2.24, 2.45) is 23.7 Å². The third-order valence-corrected chi connectivity index (χ3v) is 14.8. The molecule has 0 spiro atoms. The van der Waals surface area contributed by atoms with Gasteiger partial charge in [-0.3, -0.25) is 38.6 Å². The maximum absolute atomic E-state index is 14.7. The van der Waals surface area contributed by atoms with Crippen molar-refractivity contribution in [2.45, 2.75) is 149 Å². The monoisotopic (exact) mass is 1010 g/mol. The predicted molar refractivity (Wildman–Crippen MR) is 279 cm³/mol. The molecule has 17 heteroatoms. The fourth-order valence-corrected chi connectivity index (χ4v) is 10.5. The third kappa shape index (κ3) is 15.4. The third-order valence-electron chi connectivity index (χ3n) is 14.8. The number of hydrogen-bond donors (Lipinski definition) is 2. The molecule has 6 amide bonds. The van der Waals surface area contributed by atoms with Crippen molar-refractivity contribution in [1.82, 2.24) is 40.4 Å². The highest BCUT2D eigenvalue weighted by Gasteiger charge is 2.44. The molecule has 400 valence electrons. The van der Waals surface area contributed by atoms with E-state index in [9.17, 15) is 28.8 Å². The lowest BCUT2D eigenvalue weighted by molar-refractivity contribution is -0.148. The van der Waals surface area contributed by atoms with E-state index in [1.165, 1.54) is 17.1 Å². The Labute approximate surface area is 433 Å². The summed E-state index contributed by atoms with van der Waals surface area (Å²) in [5, 5.41) is 15.0. The molecule has 1 saturated heterocycles. The van der Waals surface area contributed by atoms with Gasteiger partial charge in [-0.25, -0.2) is 0 Å². The Bertz CT molecular complexity index is 2270. The summed E-state index contributed by atoms with van der Waals surface area (Å²) in [5.41, 5.74) is 1.74. The van der Waals surface area contributed by atoms with E-state index < -0.39 is 48.3 Å². The van der Waals surface area contributed by atoms with Crippen molar-refractivity contribution >= 4 is 35.4 Å². The maximum atomic E-state index is 14.7. The summed E-state index contributed by atoms with van der Waals surface area (Å²) >= 11 is 0. The van der Waals surface area contributed by atoms with Crippen LogP contribution in [-0.2, 0) is 44.7 Å². The molecule has 9 atom stereocenters. The number of methoxy groups -OCH3 is 2. The molecule has 2 aliphatic heterocycles. The van der Waals surface area contributed by atoms with Gasteiger partial charge in [0.25, 0.3) is 11.8 Å². The molecule has 3 heterocycles. The lowest BCUT2D eigenvalue weighted by Gasteiger charge is -2.41. The smallest absolute Gasteiger partial charge is 0.253 e. The number of ether oxygens (including phenoxy) is 2. The van der Waals surface area contributed by atoms with E-state index in [1.807, 2.05) is 121 Å². The Morgan fingerprint density at radius 2 is 1.45 bits per heavy atom. The van der Waals surface area contributed by atoms with Gasteiger partial charge in [0, 0.05) is 58.5 Å². The van der Waals surface area contributed by atoms with Crippen LogP contribution in [0.3, 0.4) is 0 Å². The highest BCUT2D eigenvalue weighted by molar-refractivity contribution is 6.12. The van der Waals surface area contributed by atoms with Crippen molar-refractivity contribution in [3.63, 3.8) is 0 Å². The number of carbonyl (C=O) groups excluding carboxylic acids is 6. The lowest BCUT2D eigenvalue weighted by Crippen LogP contribution is -2.60. The van der Waals surface area contributed by atoms with Crippen molar-refractivity contribution in [3.05, 3.63) is 84.3 Å². The summed E-state index contributed by atoms with van der Waals surface area (Å²) in [4.78, 5) is 88.3. The summed E-state index contributed by atoms with van der Waals surface area (Å²) < 4.78 is 18.4. The molecular formula is C56H82N8O9. The molecule has 3 aromatic rings. The minimum atomic E-state index is -0.839. The Morgan fingerprint density at radius 3 is 2.05 bits per heavy atom. The van der Waals surface area contributed by atoms with Crippen LogP contribution in [0.5, 0.6) is 0 Å². The van der Waals surface area contributed by atoms with Crippen LogP contribution in [0, 0.1) is 23.7 Å². The van der Waals surface area contributed by atoms with E-state index in [-0.39, 0.29) is 65.5 Å². The number of imide groups is 1. The molecule has 0 saturated carbocycles. The van der Waals surface area contributed by atoms with Crippen LogP contribution in [-0.4, -0.2) is 150 Å². The van der Waals surface area contributed by atoms with Crippen molar-refractivity contribution in [3.8, 4) is 11.5 Å². The van der Waals surface area contributed by atoms with E-state index >= 15 is 0 Å². The number of nitrogens with one attached hydrogen (secondary N) is 2. The quantitative estimate of drug-likeness (QED) is 0.0557. The van der Waals surface area contributed by atoms with Crippen LogP contribution in [0.1, 0.15) is 117 Å². The Hall–Kier alpha value is -5.78. The van der Waals surface area contributed by atoms with Gasteiger partial charge in [0.1, 0.15) is 12.1 Å². The first-order valence-electron chi connectivity index (χ1n) is 26.3. The molecule has 2 aliphatic rings. The van der Waals surface area contributed by atoms with Crippen molar-refractivity contribution < 1.29 is 42.7 Å². The molecule has 2 aromatic carbocycles. The first-order valence-corrected chi connectivity index (χ1v) is 26.3. The van der Waals surface area contributed by atoms with Crippen LogP contribution >= 0.6 is 0 Å². The minimum absolute atomic E-state index is 0.0126. The second-order valence-corrected chi connectivity index (χ2v) is 20.6. The van der Waals surface area contributed by atoms with Crippen LogP contribution in [0.4, 0.5) is 0 Å². The Morgan fingerprint density at radius 1 is 0.808 bits per heavy atom. The van der Waals surface area contributed by atoms with Crippen LogP contribution in [0.2, 0.25) is 0 Å². The fourth-order valence-electron chi connectivity index (χ4n) is 10.5. The molecule has 17 nitrogen and oxygen atoms in total. The number of aromatic nitrogens is 2. The Kier molecular flexibility index (Phi) is 22.3. The highest BCUT2D eigenvalue weighted by atomic mass is 16.5. The predicted octanol–water partition coefficient (Wildman–Crippen LogP) is 6.64. The largest absolute Gasteiger partial charge is 0.418 e. The first-order chi connectivity index (χ1) is 34.9. The molecule has 1 aromatic heterocycles. The number of unbranched alkanes of at least 4 members (excludes halogenated alkanes) is 3. The number of likely N-dealkylation sites (N-methyl/N-ethyl adjacent to an activating group) is 2. The standard InChI is InChI=1S/C56H82N8O9/c1-12-38(6)50(62(9)56(70)48(36(2)3)58-53(69)49(37(4)5)61(8)31-21-13-14-22-32-64-45(65)29-30-46(64)66)44(71-10)35-47(67)63-33-23-28-43(63)51(72-11)39(7)52(68)57-42(34-40-24-17-15-18-25-40)55-60-59-54(73-55)41-26-19-16-20-27-41/h15-20,24-27,29-30,36-39,42-44,48-51H,12-14,21-23,28,31-35H2,1-11H3,(H,57,68)(H,58,69)/t38-,39+,42-,43-,44+,48-,49-,50-,51+/m0/s1. The van der Waals surface area contributed by atoms with Gasteiger partial charge < -0.3 is 34.3 Å². The second-order valence-electron chi connectivity index (χ2n) is 20.6. The van der Waals surface area contributed by atoms with Gasteiger partial charge in [-0.2, -0.15) is 0 Å². The Balaban J connectivity index is 1.23. The van der Waals surface area contributed by atoms with E-state index in [1.54, 1.807) is 31.1 Å². The number of carbonyl (C=O) groups is 6. The van der Waals surface area contributed by atoms with Gasteiger partial charge in [-0.1, -0.05) is 116 Å². The number of hydrogen-bond acceptors (Lipinski definition) is 12. The highest BCUT2D eigenvalue weighted by Crippen LogP contribution is 2.31. The van der Waals surface area contributed by atoms with E-state index in [2.05, 4.69) is 20.8 Å². The summed E-state index contributed by atoms with van der Waals surface area (Å²) in [7, 11) is 6.79. The van der Waals surface area contributed by atoms with E-state index in [4.69, 9.17) is 13.9 Å². The number of nitrogens with zero attached hydrogens (tertiary/aromatic N) is 6.